The number of phosphoric ester groups is 2. The normalized spacial score (nSPS) is 13.7. The van der Waals surface area contributed by atoms with Gasteiger partial charge >= 0.3 is 39.5 Å². The van der Waals surface area contributed by atoms with Crippen molar-refractivity contribution in [1.82, 2.24) is 0 Å². The average Bonchev–Trinajstić information content (AvgIpc) is 0.914. The maximum atomic E-state index is 13.2. The molecule has 3 N–H and O–H groups in total. The van der Waals surface area contributed by atoms with Crippen molar-refractivity contribution in [3.8, 4) is 0 Å². The maximum Gasteiger partial charge on any atom is 0.472 e. The minimum atomic E-state index is -4.97. The highest BCUT2D eigenvalue weighted by molar-refractivity contribution is 7.47. The number of aliphatic hydroxyl groups excluding tert-OH is 1. The Bertz CT molecular complexity index is 2030. The van der Waals surface area contributed by atoms with Crippen molar-refractivity contribution in [2.24, 2.45) is 5.92 Å². The van der Waals surface area contributed by atoms with Crippen LogP contribution in [0.2, 0.25) is 0 Å². The van der Waals surface area contributed by atoms with Crippen LogP contribution in [0.3, 0.4) is 0 Å². The Morgan fingerprint density at radius 3 is 0.636 bits per heavy atom. The molecule has 0 saturated carbocycles. The minimum Gasteiger partial charge on any atom is -0.462 e. The number of aliphatic hydroxyl groups is 1. The molecule has 17 nitrogen and oxygen atoms in total. The summed E-state index contributed by atoms with van der Waals surface area (Å²) in [5.74, 6) is -1.35. The summed E-state index contributed by atoms with van der Waals surface area (Å²) in [5, 5.41) is 10.7. The lowest BCUT2D eigenvalue weighted by atomic mass is 10.0. The molecule has 0 fully saturated rings. The number of carbonyl (C=O) groups is 4. The van der Waals surface area contributed by atoms with E-state index in [-0.39, 0.29) is 25.7 Å². The highest BCUT2D eigenvalue weighted by Gasteiger charge is 2.30. The molecule has 107 heavy (non-hydrogen) atoms. The Kier molecular flexibility index (Phi) is 79.2. The Morgan fingerprint density at radius 2 is 0.430 bits per heavy atom. The molecule has 19 heteroatoms. The van der Waals surface area contributed by atoms with Gasteiger partial charge in [-0.1, -0.05) is 426 Å². The highest BCUT2D eigenvalue weighted by Crippen LogP contribution is 2.45. The van der Waals surface area contributed by atoms with Crippen LogP contribution in [0.15, 0.2) is 0 Å². The van der Waals surface area contributed by atoms with Gasteiger partial charge in [0, 0.05) is 25.7 Å². The number of hydrogen-bond acceptors (Lipinski definition) is 15. The van der Waals surface area contributed by atoms with E-state index in [1.54, 1.807) is 0 Å². The van der Waals surface area contributed by atoms with Gasteiger partial charge in [-0.25, -0.2) is 9.13 Å². The second-order valence-corrected chi connectivity index (χ2v) is 35.0. The van der Waals surface area contributed by atoms with Crippen LogP contribution >= 0.6 is 15.6 Å². The van der Waals surface area contributed by atoms with Gasteiger partial charge in [0.1, 0.15) is 19.3 Å². The van der Waals surface area contributed by atoms with Crippen molar-refractivity contribution in [1.29, 1.82) is 0 Å². The van der Waals surface area contributed by atoms with Gasteiger partial charge in [-0.2, -0.15) is 0 Å². The predicted octanol–water partition coefficient (Wildman–Crippen LogP) is 27.2. The van der Waals surface area contributed by atoms with Crippen LogP contribution in [0.1, 0.15) is 478 Å². The number of hydrogen-bond donors (Lipinski definition) is 3. The molecule has 0 amide bonds. The molecule has 0 aromatic heterocycles. The van der Waals surface area contributed by atoms with Crippen LogP contribution in [0.5, 0.6) is 0 Å². The van der Waals surface area contributed by atoms with Gasteiger partial charge in [0.05, 0.1) is 26.4 Å². The fourth-order valence-electron chi connectivity index (χ4n) is 13.8. The predicted molar refractivity (Wildman–Crippen MR) is 442 cm³/mol. The molecule has 0 aromatic carbocycles. The fraction of sp³-hybridized carbons (Fsp3) is 0.955. The van der Waals surface area contributed by atoms with Crippen molar-refractivity contribution in [3.63, 3.8) is 0 Å². The Morgan fingerprint density at radius 1 is 0.252 bits per heavy atom. The highest BCUT2D eigenvalue weighted by atomic mass is 31.2. The van der Waals surface area contributed by atoms with Crippen LogP contribution < -0.4 is 0 Å². The lowest BCUT2D eigenvalue weighted by molar-refractivity contribution is -0.161. The quantitative estimate of drug-likeness (QED) is 0.0222. The first-order valence-electron chi connectivity index (χ1n) is 45.6. The topological polar surface area (TPSA) is 237 Å². The molecule has 5 atom stereocenters. The third kappa shape index (κ3) is 81.9. The molecular weight excluding hydrogens is 1390 g/mol. The number of unbranched alkanes of at least 4 members (excludes halogenated alkanes) is 60. The summed E-state index contributed by atoms with van der Waals surface area (Å²) in [4.78, 5) is 73.3. The van der Waals surface area contributed by atoms with E-state index in [1.165, 1.54) is 302 Å². The van der Waals surface area contributed by atoms with E-state index in [1.807, 2.05) is 0 Å². The van der Waals surface area contributed by atoms with Gasteiger partial charge in [-0.15, -0.1) is 0 Å². The first-order chi connectivity index (χ1) is 52.0. The molecule has 0 radical (unpaired) electrons. The molecule has 0 aliphatic rings. The Balaban J connectivity index is 5.23. The molecule has 0 rings (SSSR count). The maximum absolute atomic E-state index is 13.2. The molecule has 636 valence electrons. The van der Waals surface area contributed by atoms with E-state index in [0.717, 1.165) is 95.8 Å². The SMILES string of the molecule is CCCCCCCCCCCCCCCCCCCCCCCCC(=O)O[C@H](COC(=O)CCCCCCCCCCCCCCCCCCCCC)COP(=O)(O)OC[C@@H](O)COP(=O)(O)OC[C@@H](COC(=O)CCCCCCCCCCCCCCC)OC(=O)CCCCCCCCCCCCC(C)C. The van der Waals surface area contributed by atoms with Crippen LogP contribution in [0, 0.1) is 5.92 Å². The van der Waals surface area contributed by atoms with Gasteiger partial charge in [0.2, 0.25) is 0 Å². The molecule has 0 saturated heterocycles. The van der Waals surface area contributed by atoms with E-state index in [9.17, 15) is 43.2 Å². The van der Waals surface area contributed by atoms with Crippen LogP contribution in [0.25, 0.3) is 0 Å². The molecule has 0 bridgehead atoms. The van der Waals surface area contributed by atoms with E-state index in [4.69, 9.17) is 37.0 Å². The molecule has 0 spiro atoms. The molecule has 0 heterocycles. The molecule has 0 aliphatic carbocycles. The van der Waals surface area contributed by atoms with Gasteiger partial charge < -0.3 is 33.8 Å². The average molecular weight is 1560 g/mol. The van der Waals surface area contributed by atoms with Gasteiger partial charge in [0.15, 0.2) is 12.2 Å². The second kappa shape index (κ2) is 80.7. The third-order valence-corrected chi connectivity index (χ3v) is 22.7. The van der Waals surface area contributed by atoms with E-state index in [0.29, 0.717) is 25.7 Å². The van der Waals surface area contributed by atoms with Gasteiger partial charge in [-0.05, 0) is 31.6 Å². The second-order valence-electron chi connectivity index (χ2n) is 32.1. The zero-order valence-corrected chi connectivity index (χ0v) is 72.1. The van der Waals surface area contributed by atoms with Crippen molar-refractivity contribution < 1.29 is 80.2 Å². The monoisotopic (exact) mass is 1560 g/mol. The summed E-state index contributed by atoms with van der Waals surface area (Å²) < 4.78 is 69.0. The van der Waals surface area contributed by atoms with E-state index < -0.39 is 97.5 Å². The summed E-state index contributed by atoms with van der Waals surface area (Å²) >= 11 is 0. The Labute approximate surface area is 658 Å². The first kappa shape index (κ1) is 105. The van der Waals surface area contributed by atoms with Gasteiger partial charge in [0.25, 0.3) is 0 Å². The lowest BCUT2D eigenvalue weighted by Gasteiger charge is -2.21. The van der Waals surface area contributed by atoms with Crippen LogP contribution in [-0.4, -0.2) is 96.7 Å². The molecule has 0 aliphatic heterocycles. The van der Waals surface area contributed by atoms with Crippen molar-refractivity contribution in [2.45, 2.75) is 496 Å². The zero-order chi connectivity index (χ0) is 78.3. The summed E-state index contributed by atoms with van der Waals surface area (Å²) in [7, 11) is -9.93. The van der Waals surface area contributed by atoms with Gasteiger partial charge in [-0.3, -0.25) is 37.3 Å². The minimum absolute atomic E-state index is 0.107. The smallest absolute Gasteiger partial charge is 0.462 e. The summed E-state index contributed by atoms with van der Waals surface area (Å²) in [6, 6.07) is 0. The van der Waals surface area contributed by atoms with Crippen LogP contribution in [-0.2, 0) is 65.4 Å². The molecular formula is C88H172O17P2. The standard InChI is InChI=1S/C88H172O17P2/c1-6-9-12-15-18-21-24-27-29-31-33-34-35-37-39-41-44-47-53-58-63-68-73-87(92)104-83(77-99-86(91)72-67-62-57-52-46-43-40-38-36-32-30-28-25-22-19-16-13-10-7-2)79-102-106(94,95)100-75-82(89)76-101-107(96,97)103-80-84(105-88(93)74-69-64-59-54-49-48-50-55-60-65-70-81(4)5)78-98-85(90)71-66-61-56-51-45-42-26-23-20-17-14-11-8-3/h81-84,89H,6-80H2,1-5H3,(H,94,95)(H,96,97)/t82-,83-,84-/m1/s1. The molecule has 2 unspecified atom stereocenters. The zero-order valence-electron chi connectivity index (χ0n) is 70.3. The van der Waals surface area contributed by atoms with Crippen molar-refractivity contribution >= 4 is 39.5 Å². The number of esters is 4. The van der Waals surface area contributed by atoms with E-state index >= 15 is 0 Å². The number of phosphoric acid groups is 2. The Hall–Kier alpha value is -1.94. The largest absolute Gasteiger partial charge is 0.472 e. The molecule has 0 aromatic rings. The fourth-order valence-corrected chi connectivity index (χ4v) is 15.4. The lowest BCUT2D eigenvalue weighted by Crippen LogP contribution is -2.30. The number of carbonyl (C=O) groups excluding carboxylic acids is 4. The van der Waals surface area contributed by atoms with Crippen LogP contribution in [0.4, 0.5) is 0 Å². The first-order valence-corrected chi connectivity index (χ1v) is 48.6. The summed E-state index contributed by atoms with van der Waals surface area (Å²) in [5.41, 5.74) is 0. The third-order valence-electron chi connectivity index (χ3n) is 20.8. The van der Waals surface area contributed by atoms with Crippen molar-refractivity contribution in [3.05, 3.63) is 0 Å². The number of ether oxygens (including phenoxy) is 4. The number of rotatable bonds is 88. The van der Waals surface area contributed by atoms with Crippen molar-refractivity contribution in [2.75, 3.05) is 39.6 Å². The summed E-state index contributed by atoms with van der Waals surface area (Å²) in [6.45, 7) is 7.36. The summed E-state index contributed by atoms with van der Waals surface area (Å²) in [6.07, 6.45) is 75.1. The van der Waals surface area contributed by atoms with E-state index in [2.05, 4.69) is 34.6 Å².